The van der Waals surface area contributed by atoms with Crippen LogP contribution < -0.4 is 5.32 Å². The van der Waals surface area contributed by atoms with Crippen LogP contribution in [-0.4, -0.2) is 9.97 Å². The van der Waals surface area contributed by atoms with Gasteiger partial charge < -0.3 is 5.32 Å². The average molecular weight is 227 g/mol. The van der Waals surface area contributed by atoms with E-state index in [9.17, 15) is 0 Å². The van der Waals surface area contributed by atoms with E-state index in [1.54, 1.807) is 0 Å². The van der Waals surface area contributed by atoms with Crippen LogP contribution >= 0.6 is 0 Å². The highest BCUT2D eigenvalue weighted by molar-refractivity contribution is 5.11. The third kappa shape index (κ3) is 3.36. The van der Waals surface area contributed by atoms with Crippen LogP contribution in [0.15, 0.2) is 42.6 Å². The highest BCUT2D eigenvalue weighted by atomic mass is 14.9. The van der Waals surface area contributed by atoms with E-state index in [4.69, 9.17) is 0 Å². The summed E-state index contributed by atoms with van der Waals surface area (Å²) in [5.74, 6) is 0. The van der Waals surface area contributed by atoms with Crippen molar-refractivity contribution >= 4 is 0 Å². The molecule has 2 heterocycles. The van der Waals surface area contributed by atoms with Gasteiger partial charge in [0.25, 0.3) is 0 Å². The number of aryl methyl sites for hydroxylation is 1. The molecular formula is C14H17N3. The minimum absolute atomic E-state index is 0.235. The molecule has 0 saturated heterocycles. The molecule has 2 rings (SSSR count). The topological polar surface area (TPSA) is 37.8 Å². The lowest BCUT2D eigenvalue weighted by molar-refractivity contribution is 0.555. The maximum atomic E-state index is 4.46. The molecule has 1 atom stereocenters. The monoisotopic (exact) mass is 227 g/mol. The molecule has 88 valence electrons. The second-order valence-corrected chi connectivity index (χ2v) is 4.13. The molecule has 17 heavy (non-hydrogen) atoms. The van der Waals surface area contributed by atoms with Crippen molar-refractivity contribution in [2.45, 2.75) is 26.4 Å². The molecule has 3 nitrogen and oxygen atoms in total. The fraction of sp³-hybridized carbons (Fsp3) is 0.286. The van der Waals surface area contributed by atoms with Crippen molar-refractivity contribution in [3.05, 3.63) is 59.7 Å². The second-order valence-electron chi connectivity index (χ2n) is 4.13. The Hall–Kier alpha value is -1.74. The lowest BCUT2D eigenvalue weighted by atomic mass is 10.2. The van der Waals surface area contributed by atoms with Gasteiger partial charge in [0.1, 0.15) is 0 Å². The van der Waals surface area contributed by atoms with Gasteiger partial charge in [0.2, 0.25) is 0 Å². The number of nitrogens with one attached hydrogen (secondary N) is 1. The lowest BCUT2D eigenvalue weighted by Crippen LogP contribution is -2.19. The van der Waals surface area contributed by atoms with Crippen molar-refractivity contribution in [2.24, 2.45) is 0 Å². The standard InChI is InChI=1S/C14H17N3/c1-11-6-5-7-13(17-11)10-16-12(2)14-8-3-4-9-15-14/h3-9,12,16H,10H2,1-2H3/t12-/m0/s1. The van der Waals surface area contributed by atoms with Gasteiger partial charge in [0.05, 0.1) is 11.4 Å². The number of hydrogen-bond donors (Lipinski definition) is 1. The van der Waals surface area contributed by atoms with Crippen LogP contribution in [-0.2, 0) is 6.54 Å². The normalized spacial score (nSPS) is 12.4. The summed E-state index contributed by atoms with van der Waals surface area (Å²) < 4.78 is 0. The quantitative estimate of drug-likeness (QED) is 0.872. The number of hydrogen-bond acceptors (Lipinski definition) is 3. The summed E-state index contributed by atoms with van der Waals surface area (Å²) in [6.45, 7) is 4.88. The van der Waals surface area contributed by atoms with Gasteiger partial charge in [-0.3, -0.25) is 9.97 Å². The maximum absolute atomic E-state index is 4.46. The summed E-state index contributed by atoms with van der Waals surface area (Å²) in [6, 6.07) is 12.3. The molecule has 0 spiro atoms. The number of rotatable bonds is 4. The molecule has 0 aromatic carbocycles. The SMILES string of the molecule is Cc1cccc(CN[C@@H](C)c2ccccn2)n1. The Balaban J connectivity index is 1.95. The smallest absolute Gasteiger partial charge is 0.0570 e. The van der Waals surface area contributed by atoms with Crippen molar-refractivity contribution in [1.29, 1.82) is 0 Å². The molecule has 0 aliphatic heterocycles. The molecule has 2 aromatic rings. The summed E-state index contributed by atoms with van der Waals surface area (Å²) in [6.07, 6.45) is 1.82. The Labute approximate surface area is 102 Å². The van der Waals surface area contributed by atoms with Gasteiger partial charge in [-0.15, -0.1) is 0 Å². The molecular weight excluding hydrogens is 210 g/mol. The molecule has 0 fully saturated rings. The molecule has 0 unspecified atom stereocenters. The van der Waals surface area contributed by atoms with Crippen LogP contribution in [0, 0.1) is 6.92 Å². The Morgan fingerprint density at radius 1 is 1.18 bits per heavy atom. The fourth-order valence-electron chi connectivity index (χ4n) is 1.69. The number of aromatic nitrogens is 2. The molecule has 3 heteroatoms. The van der Waals surface area contributed by atoms with Gasteiger partial charge in [0, 0.05) is 24.5 Å². The van der Waals surface area contributed by atoms with Crippen LogP contribution in [0.2, 0.25) is 0 Å². The number of nitrogens with zero attached hydrogens (tertiary/aromatic N) is 2. The zero-order chi connectivity index (χ0) is 12.1. The summed E-state index contributed by atoms with van der Waals surface area (Å²) in [4.78, 5) is 8.78. The van der Waals surface area contributed by atoms with Crippen LogP contribution in [0.25, 0.3) is 0 Å². The zero-order valence-corrected chi connectivity index (χ0v) is 10.2. The van der Waals surface area contributed by atoms with Gasteiger partial charge in [-0.2, -0.15) is 0 Å². The van der Waals surface area contributed by atoms with Crippen molar-refractivity contribution < 1.29 is 0 Å². The van der Waals surface area contributed by atoms with Crippen LogP contribution in [0.5, 0.6) is 0 Å². The van der Waals surface area contributed by atoms with E-state index in [1.807, 2.05) is 49.5 Å². The third-order valence-corrected chi connectivity index (χ3v) is 2.67. The first-order valence-corrected chi connectivity index (χ1v) is 5.82. The van der Waals surface area contributed by atoms with Gasteiger partial charge in [0.15, 0.2) is 0 Å². The number of pyridine rings is 2. The fourth-order valence-corrected chi connectivity index (χ4v) is 1.69. The summed E-state index contributed by atoms with van der Waals surface area (Å²) in [7, 11) is 0. The maximum Gasteiger partial charge on any atom is 0.0570 e. The average Bonchev–Trinajstić information content (AvgIpc) is 2.37. The zero-order valence-electron chi connectivity index (χ0n) is 10.2. The van der Waals surface area contributed by atoms with Crippen molar-refractivity contribution in [2.75, 3.05) is 0 Å². The van der Waals surface area contributed by atoms with E-state index >= 15 is 0 Å². The molecule has 0 aliphatic rings. The van der Waals surface area contributed by atoms with Crippen LogP contribution in [0.4, 0.5) is 0 Å². The van der Waals surface area contributed by atoms with Crippen molar-refractivity contribution in [1.82, 2.24) is 15.3 Å². The predicted octanol–water partition coefficient (Wildman–Crippen LogP) is 2.64. The van der Waals surface area contributed by atoms with Crippen LogP contribution in [0.3, 0.4) is 0 Å². The highest BCUT2D eigenvalue weighted by Crippen LogP contribution is 2.08. The van der Waals surface area contributed by atoms with Gasteiger partial charge >= 0.3 is 0 Å². The Morgan fingerprint density at radius 2 is 2.06 bits per heavy atom. The Morgan fingerprint density at radius 3 is 2.76 bits per heavy atom. The van der Waals surface area contributed by atoms with E-state index < -0.39 is 0 Å². The molecule has 0 saturated carbocycles. The van der Waals surface area contributed by atoms with Gasteiger partial charge in [-0.05, 0) is 38.1 Å². The van der Waals surface area contributed by atoms with Gasteiger partial charge in [-0.1, -0.05) is 12.1 Å². The first kappa shape index (κ1) is 11.7. The molecule has 0 radical (unpaired) electrons. The van der Waals surface area contributed by atoms with Gasteiger partial charge in [-0.25, -0.2) is 0 Å². The van der Waals surface area contributed by atoms with Crippen molar-refractivity contribution in [3.63, 3.8) is 0 Å². The molecule has 0 aliphatic carbocycles. The molecule has 1 N–H and O–H groups in total. The second kappa shape index (κ2) is 5.55. The lowest BCUT2D eigenvalue weighted by Gasteiger charge is -2.12. The third-order valence-electron chi connectivity index (χ3n) is 2.67. The molecule has 0 bridgehead atoms. The molecule has 0 amide bonds. The van der Waals surface area contributed by atoms with E-state index in [-0.39, 0.29) is 6.04 Å². The van der Waals surface area contributed by atoms with E-state index in [1.165, 1.54) is 0 Å². The summed E-state index contributed by atoms with van der Waals surface area (Å²) in [5.41, 5.74) is 3.17. The Kier molecular flexibility index (Phi) is 3.83. The van der Waals surface area contributed by atoms with E-state index in [2.05, 4.69) is 22.2 Å². The largest absolute Gasteiger partial charge is 0.303 e. The summed E-state index contributed by atoms with van der Waals surface area (Å²) in [5, 5.41) is 3.42. The van der Waals surface area contributed by atoms with Crippen LogP contribution in [0.1, 0.15) is 30.0 Å². The summed E-state index contributed by atoms with van der Waals surface area (Å²) >= 11 is 0. The first-order chi connectivity index (χ1) is 8.25. The Bertz CT molecular complexity index is 468. The molecule has 2 aromatic heterocycles. The van der Waals surface area contributed by atoms with E-state index in [0.29, 0.717) is 0 Å². The first-order valence-electron chi connectivity index (χ1n) is 5.82. The minimum Gasteiger partial charge on any atom is -0.303 e. The minimum atomic E-state index is 0.235. The van der Waals surface area contributed by atoms with E-state index in [0.717, 1.165) is 23.6 Å². The predicted molar refractivity (Wildman–Crippen MR) is 68.5 cm³/mol. The van der Waals surface area contributed by atoms with Crippen molar-refractivity contribution in [3.8, 4) is 0 Å². The highest BCUT2D eigenvalue weighted by Gasteiger charge is 2.05.